The van der Waals surface area contributed by atoms with E-state index in [1.807, 2.05) is 0 Å². The summed E-state index contributed by atoms with van der Waals surface area (Å²) >= 11 is 0. The van der Waals surface area contributed by atoms with Crippen LogP contribution in [0.1, 0.15) is 64.2 Å². The average molecular weight is 435 g/mol. The Morgan fingerprint density at radius 3 is 2.29 bits per heavy atom. The molecule has 2 N–H and O–H groups in total. The normalized spacial score (nSPS) is 17.5. The van der Waals surface area contributed by atoms with Crippen molar-refractivity contribution >= 4 is 17.9 Å². The molecule has 0 radical (unpaired) electrons. The van der Waals surface area contributed by atoms with E-state index >= 15 is 0 Å². The fraction of sp³-hybridized carbons (Fsp3) is 0.682. The molecule has 1 saturated heterocycles. The number of ether oxygens (including phenoxy) is 2. The molecular formula is C22H34N4O5. The van der Waals surface area contributed by atoms with E-state index in [1.165, 1.54) is 26.4 Å². The molecule has 0 unspecified atom stereocenters. The molecule has 9 nitrogen and oxygen atoms in total. The van der Waals surface area contributed by atoms with Crippen molar-refractivity contribution in [2.45, 2.75) is 52.0 Å². The van der Waals surface area contributed by atoms with Gasteiger partial charge >= 0.3 is 12.0 Å². The molecule has 2 heterocycles. The molecule has 0 atom stereocenters. The maximum Gasteiger partial charge on any atom is 0.340 e. The minimum atomic E-state index is -0.466. The number of amides is 3. The van der Waals surface area contributed by atoms with Crippen molar-refractivity contribution in [3.63, 3.8) is 0 Å². The summed E-state index contributed by atoms with van der Waals surface area (Å²) in [5.74, 6) is -0.629. The van der Waals surface area contributed by atoms with E-state index in [9.17, 15) is 14.4 Å². The van der Waals surface area contributed by atoms with E-state index in [2.05, 4.69) is 10.3 Å². The number of carbonyl (C=O) groups is 3. The number of hydrogen-bond donors (Lipinski definition) is 2. The smallest absolute Gasteiger partial charge is 0.340 e. The molecule has 1 saturated carbocycles. The quantitative estimate of drug-likeness (QED) is 0.528. The number of rotatable bonds is 6. The lowest BCUT2D eigenvalue weighted by Crippen LogP contribution is -2.54. The monoisotopic (exact) mass is 434 g/mol. The summed E-state index contributed by atoms with van der Waals surface area (Å²) in [6, 6.07) is 0.236. The van der Waals surface area contributed by atoms with Crippen molar-refractivity contribution in [1.82, 2.24) is 20.1 Å². The zero-order valence-electron chi connectivity index (χ0n) is 18.8. The number of H-pyrrole nitrogens is 1. The molecule has 2 fully saturated rings. The minimum Gasteiger partial charge on any atom is -0.460 e. The van der Waals surface area contributed by atoms with Crippen LogP contribution >= 0.6 is 0 Å². The van der Waals surface area contributed by atoms with Crippen LogP contribution in [0.3, 0.4) is 0 Å². The predicted octanol–water partition coefficient (Wildman–Crippen LogP) is 2.23. The molecule has 1 aromatic rings. The summed E-state index contributed by atoms with van der Waals surface area (Å²) in [6.07, 6.45) is 5.68. The van der Waals surface area contributed by atoms with Crippen molar-refractivity contribution in [2.24, 2.45) is 0 Å². The number of carbonyl (C=O) groups excluding carboxylic acids is 3. The van der Waals surface area contributed by atoms with Crippen LogP contribution in [0.4, 0.5) is 4.79 Å². The lowest BCUT2D eigenvalue weighted by molar-refractivity contribution is 0.0386. The Kier molecular flexibility index (Phi) is 7.95. The second-order valence-electron chi connectivity index (χ2n) is 8.32. The van der Waals surface area contributed by atoms with Gasteiger partial charge in [-0.05, 0) is 32.3 Å². The third-order valence-electron chi connectivity index (χ3n) is 6.16. The van der Waals surface area contributed by atoms with E-state index in [-0.39, 0.29) is 24.6 Å². The number of aryl methyl sites for hydroxylation is 1. The Bertz CT molecular complexity index is 792. The first-order valence-electron chi connectivity index (χ1n) is 11.1. The van der Waals surface area contributed by atoms with Crippen LogP contribution in [0.15, 0.2) is 0 Å². The standard InChI is InChI=1S/C22H34N4O5/c1-15-18(21(28)31-14-13-30-3)16(2)23-19(15)20(27)25-9-11-26(12-10-25)22(29)24-17-7-5-4-6-8-17/h17,23H,4-14H2,1-3H3,(H,24,29). The molecule has 172 valence electrons. The Balaban J connectivity index is 1.56. The second kappa shape index (κ2) is 10.7. The Morgan fingerprint density at radius 1 is 1.00 bits per heavy atom. The zero-order chi connectivity index (χ0) is 22.4. The van der Waals surface area contributed by atoms with Gasteiger partial charge in [0.05, 0.1) is 12.2 Å². The molecule has 9 heteroatoms. The summed E-state index contributed by atoms with van der Waals surface area (Å²) < 4.78 is 10.1. The molecule has 1 aliphatic heterocycles. The molecule has 3 rings (SSSR count). The highest BCUT2D eigenvalue weighted by Crippen LogP contribution is 2.21. The number of nitrogens with one attached hydrogen (secondary N) is 2. The Labute approximate surface area is 183 Å². The van der Waals surface area contributed by atoms with E-state index in [4.69, 9.17) is 9.47 Å². The number of aromatic nitrogens is 1. The number of methoxy groups -OCH3 is 1. The lowest BCUT2D eigenvalue weighted by Gasteiger charge is -2.36. The highest BCUT2D eigenvalue weighted by Gasteiger charge is 2.30. The number of hydrogen-bond acceptors (Lipinski definition) is 5. The summed E-state index contributed by atoms with van der Waals surface area (Å²) in [7, 11) is 1.54. The summed E-state index contributed by atoms with van der Waals surface area (Å²) in [5.41, 5.74) is 1.98. The number of esters is 1. The van der Waals surface area contributed by atoms with E-state index in [0.29, 0.717) is 55.3 Å². The van der Waals surface area contributed by atoms with Gasteiger partial charge in [0.1, 0.15) is 12.3 Å². The number of nitrogens with zero attached hydrogens (tertiary/aromatic N) is 2. The van der Waals surface area contributed by atoms with Gasteiger partial charge in [-0.2, -0.15) is 0 Å². The summed E-state index contributed by atoms with van der Waals surface area (Å²) in [5, 5.41) is 3.13. The van der Waals surface area contributed by atoms with Gasteiger partial charge in [-0.15, -0.1) is 0 Å². The van der Waals surface area contributed by atoms with Crippen molar-refractivity contribution in [3.8, 4) is 0 Å². The van der Waals surface area contributed by atoms with Gasteiger partial charge < -0.3 is 29.6 Å². The zero-order valence-corrected chi connectivity index (χ0v) is 18.8. The fourth-order valence-electron chi connectivity index (χ4n) is 4.34. The molecule has 1 aliphatic carbocycles. The van der Waals surface area contributed by atoms with Gasteiger partial charge in [-0.1, -0.05) is 19.3 Å². The van der Waals surface area contributed by atoms with Crippen molar-refractivity contribution in [1.29, 1.82) is 0 Å². The van der Waals surface area contributed by atoms with E-state index in [1.54, 1.807) is 23.6 Å². The third-order valence-corrected chi connectivity index (χ3v) is 6.16. The second-order valence-corrected chi connectivity index (χ2v) is 8.32. The SMILES string of the molecule is COCCOC(=O)c1c(C)[nH]c(C(=O)N2CCN(C(=O)NC3CCCCC3)CC2)c1C. The first-order valence-corrected chi connectivity index (χ1v) is 11.1. The average Bonchev–Trinajstić information content (AvgIpc) is 3.08. The fourth-order valence-corrected chi connectivity index (χ4v) is 4.34. The van der Waals surface area contributed by atoms with Gasteiger partial charge in [0.2, 0.25) is 0 Å². The maximum atomic E-state index is 13.1. The highest BCUT2D eigenvalue weighted by molar-refractivity contribution is 6.00. The van der Waals surface area contributed by atoms with Crippen LogP contribution in [0, 0.1) is 13.8 Å². The maximum absolute atomic E-state index is 13.1. The highest BCUT2D eigenvalue weighted by atomic mass is 16.6. The molecule has 31 heavy (non-hydrogen) atoms. The molecule has 1 aromatic heterocycles. The molecule has 2 aliphatic rings. The van der Waals surface area contributed by atoms with Crippen molar-refractivity contribution < 1.29 is 23.9 Å². The number of urea groups is 1. The number of piperazine rings is 1. The molecule has 0 spiro atoms. The molecule has 0 aromatic carbocycles. The predicted molar refractivity (Wildman–Crippen MR) is 115 cm³/mol. The first-order chi connectivity index (χ1) is 14.9. The topological polar surface area (TPSA) is 104 Å². The lowest BCUT2D eigenvalue weighted by atomic mass is 9.96. The first kappa shape index (κ1) is 23.1. The van der Waals surface area contributed by atoms with Gasteiger partial charge in [-0.25, -0.2) is 9.59 Å². The van der Waals surface area contributed by atoms with Crippen LogP contribution in [-0.4, -0.2) is 85.2 Å². The van der Waals surface area contributed by atoms with Crippen LogP contribution in [0.5, 0.6) is 0 Å². The van der Waals surface area contributed by atoms with Crippen molar-refractivity contribution in [3.05, 3.63) is 22.5 Å². The van der Waals surface area contributed by atoms with E-state index < -0.39 is 5.97 Å². The summed E-state index contributed by atoms with van der Waals surface area (Å²) in [4.78, 5) is 44.5. The van der Waals surface area contributed by atoms with Crippen LogP contribution in [0.25, 0.3) is 0 Å². The van der Waals surface area contributed by atoms with Gasteiger partial charge in [0.15, 0.2) is 0 Å². The van der Waals surface area contributed by atoms with Crippen LogP contribution in [0.2, 0.25) is 0 Å². The van der Waals surface area contributed by atoms with Gasteiger partial charge in [0, 0.05) is 45.0 Å². The largest absolute Gasteiger partial charge is 0.460 e. The van der Waals surface area contributed by atoms with Gasteiger partial charge in [0.25, 0.3) is 5.91 Å². The Morgan fingerprint density at radius 2 is 1.65 bits per heavy atom. The van der Waals surface area contributed by atoms with Gasteiger partial charge in [-0.3, -0.25) is 4.79 Å². The van der Waals surface area contributed by atoms with Crippen LogP contribution < -0.4 is 5.32 Å². The van der Waals surface area contributed by atoms with Crippen molar-refractivity contribution in [2.75, 3.05) is 46.5 Å². The third kappa shape index (κ3) is 5.58. The van der Waals surface area contributed by atoms with Crippen LogP contribution in [-0.2, 0) is 9.47 Å². The molecular weight excluding hydrogens is 400 g/mol. The number of aromatic amines is 1. The molecule has 3 amide bonds. The van der Waals surface area contributed by atoms with E-state index in [0.717, 1.165) is 12.8 Å². The minimum absolute atomic E-state index is 0.0352. The Hall–Kier alpha value is -2.55. The molecule has 0 bridgehead atoms. The summed E-state index contributed by atoms with van der Waals surface area (Å²) in [6.45, 7) is 5.89.